The average Bonchev–Trinajstić information content (AvgIpc) is 3.47. The fourth-order valence-corrected chi connectivity index (χ4v) is 5.14. The molecule has 8 heteroatoms. The van der Waals surface area contributed by atoms with Gasteiger partial charge in [0.2, 0.25) is 0 Å². The van der Waals surface area contributed by atoms with Crippen molar-refractivity contribution >= 4 is 27.7 Å². The maximum absolute atomic E-state index is 12.4. The van der Waals surface area contributed by atoms with Crippen molar-refractivity contribution < 1.29 is 9.90 Å². The van der Waals surface area contributed by atoms with Crippen LogP contribution >= 0.6 is 0 Å². The maximum atomic E-state index is 12.4. The van der Waals surface area contributed by atoms with Crippen LogP contribution in [0.15, 0.2) is 48.7 Å². The molecule has 0 saturated carbocycles. The maximum Gasteiger partial charge on any atom is 0.275 e. The van der Waals surface area contributed by atoms with Crippen molar-refractivity contribution in [1.82, 2.24) is 29.4 Å². The Bertz CT molecular complexity index is 1300. The molecule has 4 aromatic rings. The molecule has 2 aromatic heterocycles. The number of aliphatic hydroxyl groups excluding tert-OH is 1. The Morgan fingerprint density at radius 3 is 2.65 bits per heavy atom. The molecule has 1 amide bonds. The van der Waals surface area contributed by atoms with Crippen molar-refractivity contribution in [3.05, 3.63) is 59.9 Å². The lowest BCUT2D eigenvalue weighted by Crippen LogP contribution is -2.34. The summed E-state index contributed by atoms with van der Waals surface area (Å²) in [6.07, 6.45) is 3.69. The number of rotatable bonds is 7. The minimum Gasteiger partial charge on any atom is -0.395 e. The molecule has 0 spiro atoms. The van der Waals surface area contributed by atoms with E-state index in [0.717, 1.165) is 39.0 Å². The normalized spacial score (nSPS) is 15.4. The standard InChI is InChI=1S/C26H32N6O2/c1-3-31-24-7-5-4-6-21(24)22-16-19(8-9-25(22)31)17-30-12-10-20(11-13-30)32-18-23(27-28-32)26(34)29(2)14-15-33/h4-9,16,18,20,33H,3,10-15,17H2,1-2H3. The van der Waals surface area contributed by atoms with Gasteiger partial charge in [-0.2, -0.15) is 0 Å². The third kappa shape index (κ3) is 4.19. The SMILES string of the molecule is CCn1c2ccccc2c2cc(CN3CCC(n4cc(C(=O)N(C)CCO)nn4)CC3)ccc21. The molecule has 34 heavy (non-hydrogen) atoms. The lowest BCUT2D eigenvalue weighted by molar-refractivity contribution is 0.0761. The Morgan fingerprint density at radius 2 is 1.88 bits per heavy atom. The van der Waals surface area contributed by atoms with Gasteiger partial charge in [0.15, 0.2) is 5.69 Å². The summed E-state index contributed by atoms with van der Waals surface area (Å²) in [7, 11) is 1.66. The lowest BCUT2D eigenvalue weighted by atomic mass is 10.0. The molecule has 5 rings (SSSR count). The second-order valence-corrected chi connectivity index (χ2v) is 9.15. The zero-order valence-electron chi connectivity index (χ0n) is 19.9. The highest BCUT2D eigenvalue weighted by Gasteiger charge is 2.24. The van der Waals surface area contributed by atoms with Gasteiger partial charge in [0.05, 0.1) is 18.8 Å². The first-order valence-corrected chi connectivity index (χ1v) is 12.1. The number of aliphatic hydroxyl groups is 1. The zero-order chi connectivity index (χ0) is 23.7. The van der Waals surface area contributed by atoms with E-state index in [1.165, 1.54) is 32.3 Å². The van der Waals surface area contributed by atoms with E-state index in [4.69, 9.17) is 5.11 Å². The predicted molar refractivity (Wildman–Crippen MR) is 133 cm³/mol. The van der Waals surface area contributed by atoms with Crippen molar-refractivity contribution in [2.24, 2.45) is 0 Å². The number of aryl methyl sites for hydroxylation is 1. The summed E-state index contributed by atoms with van der Waals surface area (Å²) in [6, 6.07) is 15.8. The van der Waals surface area contributed by atoms with E-state index in [2.05, 4.69) is 69.2 Å². The number of nitrogens with zero attached hydrogens (tertiary/aromatic N) is 6. The third-order valence-corrected chi connectivity index (χ3v) is 7.00. The monoisotopic (exact) mass is 460 g/mol. The first kappa shape index (κ1) is 22.6. The number of benzene rings is 2. The molecule has 1 aliphatic heterocycles. The first-order valence-electron chi connectivity index (χ1n) is 12.1. The van der Waals surface area contributed by atoms with Crippen molar-refractivity contribution in [3.63, 3.8) is 0 Å². The van der Waals surface area contributed by atoms with Crippen molar-refractivity contribution in [3.8, 4) is 0 Å². The van der Waals surface area contributed by atoms with Gasteiger partial charge in [-0.15, -0.1) is 5.10 Å². The van der Waals surface area contributed by atoms with Crippen molar-refractivity contribution in [1.29, 1.82) is 0 Å². The summed E-state index contributed by atoms with van der Waals surface area (Å²) in [5, 5.41) is 20.0. The summed E-state index contributed by atoms with van der Waals surface area (Å²) < 4.78 is 4.22. The molecule has 1 fully saturated rings. The van der Waals surface area contributed by atoms with Crippen LogP contribution in [-0.2, 0) is 13.1 Å². The molecule has 0 aliphatic carbocycles. The largest absolute Gasteiger partial charge is 0.395 e. The summed E-state index contributed by atoms with van der Waals surface area (Å²) in [4.78, 5) is 16.3. The van der Waals surface area contributed by atoms with Crippen LogP contribution in [-0.4, -0.2) is 73.7 Å². The van der Waals surface area contributed by atoms with Crippen LogP contribution in [0, 0.1) is 0 Å². The third-order valence-electron chi connectivity index (χ3n) is 7.00. The number of hydrogen-bond acceptors (Lipinski definition) is 5. The molecule has 1 saturated heterocycles. The van der Waals surface area contributed by atoms with Gasteiger partial charge in [0.1, 0.15) is 0 Å². The topological polar surface area (TPSA) is 79.4 Å². The van der Waals surface area contributed by atoms with Gasteiger partial charge < -0.3 is 14.6 Å². The van der Waals surface area contributed by atoms with Crippen LogP contribution in [0.4, 0.5) is 0 Å². The van der Waals surface area contributed by atoms with Crippen LogP contribution < -0.4 is 0 Å². The van der Waals surface area contributed by atoms with Crippen molar-refractivity contribution in [2.45, 2.75) is 38.9 Å². The molecule has 1 aliphatic rings. The molecule has 0 radical (unpaired) electrons. The molecule has 0 bridgehead atoms. The van der Waals surface area contributed by atoms with Gasteiger partial charge in [-0.1, -0.05) is 29.5 Å². The highest BCUT2D eigenvalue weighted by atomic mass is 16.3. The van der Waals surface area contributed by atoms with Crippen LogP contribution in [0.5, 0.6) is 0 Å². The fraction of sp³-hybridized carbons (Fsp3) is 0.423. The fourth-order valence-electron chi connectivity index (χ4n) is 5.14. The second-order valence-electron chi connectivity index (χ2n) is 9.15. The number of piperidine rings is 1. The van der Waals surface area contributed by atoms with Crippen molar-refractivity contribution in [2.75, 3.05) is 33.3 Å². The number of hydrogen-bond donors (Lipinski definition) is 1. The van der Waals surface area contributed by atoms with Crippen LogP contribution in [0.1, 0.15) is 41.9 Å². The number of fused-ring (bicyclic) bond motifs is 3. The Balaban J connectivity index is 1.25. The Labute approximate surface area is 199 Å². The van der Waals surface area contributed by atoms with E-state index in [-0.39, 0.29) is 25.1 Å². The van der Waals surface area contributed by atoms with Gasteiger partial charge in [-0.3, -0.25) is 9.69 Å². The van der Waals surface area contributed by atoms with Crippen LogP contribution in [0.3, 0.4) is 0 Å². The Hall–Kier alpha value is -3.23. The molecule has 3 heterocycles. The Morgan fingerprint density at radius 1 is 1.12 bits per heavy atom. The Kier molecular flexibility index (Phi) is 6.34. The molecule has 178 valence electrons. The van der Waals surface area contributed by atoms with Gasteiger partial charge in [-0.05, 0) is 43.5 Å². The minimum absolute atomic E-state index is 0.0670. The van der Waals surface area contributed by atoms with E-state index < -0.39 is 0 Å². The molecule has 1 N–H and O–H groups in total. The minimum atomic E-state index is -0.211. The molecular formula is C26H32N6O2. The number of para-hydroxylation sites is 1. The number of likely N-dealkylation sites (tertiary alicyclic amines) is 1. The van der Waals surface area contributed by atoms with E-state index in [1.54, 1.807) is 13.2 Å². The molecular weight excluding hydrogens is 428 g/mol. The van der Waals surface area contributed by atoms with Gasteiger partial charge in [-0.25, -0.2) is 4.68 Å². The molecule has 0 atom stereocenters. The number of carbonyl (C=O) groups is 1. The highest BCUT2D eigenvalue weighted by Crippen LogP contribution is 2.30. The predicted octanol–water partition coefficient (Wildman–Crippen LogP) is 3.31. The molecule has 8 nitrogen and oxygen atoms in total. The van der Waals surface area contributed by atoms with E-state index in [1.807, 2.05) is 4.68 Å². The molecule has 2 aromatic carbocycles. The summed E-state index contributed by atoms with van der Waals surface area (Å²) in [6.45, 7) is 6.27. The van der Waals surface area contributed by atoms with Crippen LogP contribution in [0.25, 0.3) is 21.8 Å². The smallest absolute Gasteiger partial charge is 0.275 e. The summed E-state index contributed by atoms with van der Waals surface area (Å²) >= 11 is 0. The van der Waals surface area contributed by atoms with Crippen LogP contribution in [0.2, 0.25) is 0 Å². The van der Waals surface area contributed by atoms with E-state index >= 15 is 0 Å². The quantitative estimate of drug-likeness (QED) is 0.458. The number of aromatic nitrogens is 4. The summed E-state index contributed by atoms with van der Waals surface area (Å²) in [5.41, 5.74) is 4.27. The van der Waals surface area contributed by atoms with E-state index in [9.17, 15) is 4.79 Å². The van der Waals surface area contributed by atoms with E-state index in [0.29, 0.717) is 5.69 Å². The highest BCUT2D eigenvalue weighted by molar-refractivity contribution is 6.08. The average molecular weight is 461 g/mol. The zero-order valence-corrected chi connectivity index (χ0v) is 19.9. The number of likely N-dealkylation sites (N-methyl/N-ethyl adjacent to an activating group) is 1. The number of carbonyl (C=O) groups excluding carboxylic acids is 1. The first-order chi connectivity index (χ1) is 16.6. The second kappa shape index (κ2) is 9.56. The van der Waals surface area contributed by atoms with Gasteiger partial charge >= 0.3 is 0 Å². The molecule has 0 unspecified atom stereocenters. The van der Waals surface area contributed by atoms with Gasteiger partial charge in [0, 0.05) is 61.6 Å². The summed E-state index contributed by atoms with van der Waals surface area (Å²) in [5.74, 6) is -0.211. The number of amides is 1. The lowest BCUT2D eigenvalue weighted by Gasteiger charge is -2.31. The van der Waals surface area contributed by atoms with Gasteiger partial charge in [0.25, 0.3) is 5.91 Å².